The zero-order chi connectivity index (χ0) is 30.8. The third-order valence-corrected chi connectivity index (χ3v) is 9.54. The quantitative estimate of drug-likeness (QED) is 0.191. The number of nitrogens with one attached hydrogen (secondary N) is 2. The molecule has 2 N–H and O–H groups in total. The highest BCUT2D eigenvalue weighted by molar-refractivity contribution is 7.21. The molecule has 2 heterocycles. The summed E-state index contributed by atoms with van der Waals surface area (Å²) in [6.45, 7) is 0.476. The molecular formula is C31H26F6N2O2S2. The maximum absolute atomic E-state index is 13.2. The van der Waals surface area contributed by atoms with Crippen LogP contribution in [0.3, 0.4) is 0 Å². The second kappa shape index (κ2) is 12.5. The molecule has 0 saturated heterocycles. The zero-order valence-corrected chi connectivity index (χ0v) is 24.2. The minimum absolute atomic E-state index is 0.0916. The maximum Gasteiger partial charge on any atom is 0.416 e. The zero-order valence-electron chi connectivity index (χ0n) is 22.5. The number of hydrogen-bond acceptors (Lipinski definition) is 4. The Balaban J connectivity index is 1.18. The van der Waals surface area contributed by atoms with Crippen LogP contribution in [0.5, 0.6) is 0 Å². The molecule has 4 aromatic rings. The van der Waals surface area contributed by atoms with E-state index in [9.17, 15) is 35.9 Å². The Hall–Kier alpha value is -3.64. The normalized spacial score (nSPS) is 17.2. The van der Waals surface area contributed by atoms with Crippen LogP contribution in [-0.2, 0) is 35.0 Å². The van der Waals surface area contributed by atoms with Gasteiger partial charge in [0.1, 0.15) is 0 Å². The number of carbonyl (C=O) groups is 2. The summed E-state index contributed by atoms with van der Waals surface area (Å²) >= 11 is 3.25. The molecule has 12 heteroatoms. The average molecular weight is 637 g/mol. The summed E-state index contributed by atoms with van der Waals surface area (Å²) in [5.41, 5.74) is -2.21. The van der Waals surface area contributed by atoms with Crippen LogP contribution in [0.4, 0.5) is 26.3 Å². The molecule has 1 saturated carbocycles. The molecule has 226 valence electrons. The summed E-state index contributed by atoms with van der Waals surface area (Å²) in [6.07, 6.45) is -7.97. The molecule has 0 aliphatic heterocycles. The van der Waals surface area contributed by atoms with Gasteiger partial charge in [0.05, 0.1) is 17.7 Å². The van der Waals surface area contributed by atoms with Crippen molar-refractivity contribution < 1.29 is 35.9 Å². The van der Waals surface area contributed by atoms with Crippen LogP contribution in [-0.4, -0.2) is 11.8 Å². The van der Waals surface area contributed by atoms with E-state index in [2.05, 4.69) is 10.6 Å². The minimum Gasteiger partial charge on any atom is -0.352 e. The second-order valence-corrected chi connectivity index (χ2v) is 12.4. The Labute approximate surface area is 251 Å². The molecule has 2 unspecified atom stereocenters. The van der Waals surface area contributed by atoms with Crippen LogP contribution in [0.2, 0.25) is 0 Å². The number of amides is 2. The van der Waals surface area contributed by atoms with E-state index in [0.29, 0.717) is 37.1 Å². The van der Waals surface area contributed by atoms with Gasteiger partial charge in [-0.15, -0.1) is 22.7 Å². The predicted molar refractivity (Wildman–Crippen MR) is 154 cm³/mol. The smallest absolute Gasteiger partial charge is 0.352 e. The first-order valence-corrected chi connectivity index (χ1v) is 15.1. The molecule has 2 aromatic heterocycles. The van der Waals surface area contributed by atoms with Crippen molar-refractivity contribution in [2.24, 2.45) is 11.8 Å². The van der Waals surface area contributed by atoms with Crippen molar-refractivity contribution >= 4 is 34.5 Å². The van der Waals surface area contributed by atoms with E-state index in [-0.39, 0.29) is 35.6 Å². The molecule has 1 aliphatic rings. The van der Waals surface area contributed by atoms with E-state index in [0.717, 1.165) is 21.1 Å². The number of hydrogen-bond donors (Lipinski definition) is 2. The molecule has 5 rings (SSSR count). The van der Waals surface area contributed by atoms with Gasteiger partial charge in [0.25, 0.3) is 0 Å². The first-order valence-electron chi connectivity index (χ1n) is 13.5. The molecule has 4 nitrogen and oxygen atoms in total. The molecule has 0 radical (unpaired) electrons. The number of rotatable bonds is 8. The van der Waals surface area contributed by atoms with E-state index >= 15 is 0 Å². The molecule has 1 aliphatic carbocycles. The minimum atomic E-state index is -4.94. The van der Waals surface area contributed by atoms with Crippen LogP contribution in [0.25, 0.3) is 20.9 Å². The lowest BCUT2D eigenvalue weighted by Crippen LogP contribution is -2.39. The van der Waals surface area contributed by atoms with Gasteiger partial charge in [-0.3, -0.25) is 9.59 Å². The standard InChI is InChI=1S/C31H26F6N2O2S2/c32-30(33,34)21-13-20(14-22(15-21)31(35,36)37)19-8-6-18(7-9-19)16-38-28(40)24-3-1-4-25(24)29(41)39-17-23-10-11-27(43-23)26-5-2-12-42-26/h2,5-15,24-25H,1,3-4,16-17H2,(H,38,40)(H,39,41). The topological polar surface area (TPSA) is 58.2 Å². The van der Waals surface area contributed by atoms with Gasteiger partial charge in [0, 0.05) is 33.0 Å². The fraction of sp³-hybridized carbons (Fsp3) is 0.290. The molecule has 43 heavy (non-hydrogen) atoms. The summed E-state index contributed by atoms with van der Waals surface area (Å²) < 4.78 is 79.4. The fourth-order valence-corrected chi connectivity index (χ4v) is 6.96. The van der Waals surface area contributed by atoms with Gasteiger partial charge in [0.2, 0.25) is 11.8 Å². The Morgan fingerprint density at radius 2 is 1.33 bits per heavy atom. The van der Waals surface area contributed by atoms with Crippen molar-refractivity contribution in [1.29, 1.82) is 0 Å². The van der Waals surface area contributed by atoms with Crippen LogP contribution >= 0.6 is 22.7 Å². The average Bonchev–Trinajstić information content (AvgIpc) is 3.76. The lowest BCUT2D eigenvalue weighted by atomic mass is 9.94. The van der Waals surface area contributed by atoms with Crippen LogP contribution in [0.15, 0.2) is 72.1 Å². The molecule has 2 atom stereocenters. The number of thiophene rings is 2. The van der Waals surface area contributed by atoms with E-state index < -0.39 is 35.3 Å². The van der Waals surface area contributed by atoms with E-state index in [1.54, 1.807) is 22.7 Å². The van der Waals surface area contributed by atoms with Crippen LogP contribution in [0.1, 0.15) is 40.8 Å². The third-order valence-electron chi connectivity index (χ3n) is 7.39. The lowest BCUT2D eigenvalue weighted by molar-refractivity contribution is -0.143. The van der Waals surface area contributed by atoms with E-state index in [1.165, 1.54) is 24.3 Å². The molecular weight excluding hydrogens is 610 g/mol. The van der Waals surface area contributed by atoms with E-state index in [4.69, 9.17) is 0 Å². The van der Waals surface area contributed by atoms with E-state index in [1.807, 2.05) is 29.6 Å². The molecule has 0 spiro atoms. The highest BCUT2D eigenvalue weighted by Gasteiger charge is 2.38. The van der Waals surface area contributed by atoms with Crippen molar-refractivity contribution in [3.05, 3.63) is 93.7 Å². The van der Waals surface area contributed by atoms with Gasteiger partial charge in [-0.2, -0.15) is 26.3 Å². The summed E-state index contributed by atoms with van der Waals surface area (Å²) in [7, 11) is 0. The maximum atomic E-state index is 13.2. The molecule has 2 amide bonds. The highest BCUT2D eigenvalue weighted by atomic mass is 32.1. The monoisotopic (exact) mass is 636 g/mol. The Morgan fingerprint density at radius 3 is 1.88 bits per heavy atom. The molecule has 2 aromatic carbocycles. The van der Waals surface area contributed by atoms with Gasteiger partial charge in [-0.1, -0.05) is 36.8 Å². The predicted octanol–water partition coefficient (Wildman–Crippen LogP) is 8.53. The number of alkyl halides is 6. The van der Waals surface area contributed by atoms with Crippen molar-refractivity contribution in [1.82, 2.24) is 10.6 Å². The number of carbonyl (C=O) groups excluding carboxylic acids is 2. The van der Waals surface area contributed by atoms with Crippen LogP contribution < -0.4 is 10.6 Å². The van der Waals surface area contributed by atoms with Crippen molar-refractivity contribution in [2.75, 3.05) is 0 Å². The van der Waals surface area contributed by atoms with Gasteiger partial charge in [0.15, 0.2) is 0 Å². The SMILES string of the molecule is O=C(NCc1ccc(-c2cc(C(F)(F)F)cc(C(F)(F)F)c2)cc1)C1CCCC1C(=O)NCc1ccc(-c2cccs2)s1. The summed E-state index contributed by atoms with van der Waals surface area (Å²) in [5, 5.41) is 7.79. The lowest BCUT2D eigenvalue weighted by Gasteiger charge is -2.19. The Bertz CT molecular complexity index is 1540. The van der Waals surface area contributed by atoms with Gasteiger partial charge in [-0.05, 0) is 71.3 Å². The Morgan fingerprint density at radius 1 is 0.721 bits per heavy atom. The van der Waals surface area contributed by atoms with Gasteiger partial charge < -0.3 is 10.6 Å². The first-order chi connectivity index (χ1) is 20.4. The highest BCUT2D eigenvalue weighted by Crippen LogP contribution is 2.39. The number of halogens is 6. The van der Waals surface area contributed by atoms with Crippen molar-refractivity contribution in [3.8, 4) is 20.9 Å². The third kappa shape index (κ3) is 7.48. The van der Waals surface area contributed by atoms with Crippen molar-refractivity contribution in [3.63, 3.8) is 0 Å². The summed E-state index contributed by atoms with van der Waals surface area (Å²) in [4.78, 5) is 29.3. The molecule has 0 bridgehead atoms. The van der Waals surface area contributed by atoms with Gasteiger partial charge >= 0.3 is 12.4 Å². The fourth-order valence-electron chi connectivity index (χ4n) is 5.17. The largest absolute Gasteiger partial charge is 0.416 e. The van der Waals surface area contributed by atoms with Gasteiger partial charge in [-0.25, -0.2) is 0 Å². The second-order valence-electron chi connectivity index (χ2n) is 10.3. The first kappa shape index (κ1) is 30.8. The Kier molecular flexibility index (Phi) is 8.98. The van der Waals surface area contributed by atoms with Crippen LogP contribution in [0, 0.1) is 11.8 Å². The number of benzene rings is 2. The summed E-state index contributed by atoms with van der Waals surface area (Å²) in [5.74, 6) is -1.39. The summed E-state index contributed by atoms with van der Waals surface area (Å²) in [6, 6.07) is 15.4. The molecule has 1 fully saturated rings. The van der Waals surface area contributed by atoms with Crippen molar-refractivity contribution in [2.45, 2.75) is 44.7 Å².